The number of aromatic nitrogens is 1. The maximum Gasteiger partial charge on any atom is 0.405 e. The lowest BCUT2D eigenvalue weighted by Gasteiger charge is -2.33. The van der Waals surface area contributed by atoms with Gasteiger partial charge in [-0.1, -0.05) is 85.3 Å². The van der Waals surface area contributed by atoms with Crippen molar-refractivity contribution in [1.29, 1.82) is 0 Å². The van der Waals surface area contributed by atoms with Gasteiger partial charge in [0, 0.05) is 30.9 Å². The zero-order chi connectivity index (χ0) is 32.1. The average Bonchev–Trinajstić information content (AvgIpc) is 3.37. The molecule has 47 heavy (non-hydrogen) atoms. The van der Waals surface area contributed by atoms with E-state index in [1.165, 1.54) is 0 Å². The van der Waals surface area contributed by atoms with Gasteiger partial charge in [-0.05, 0) is 66.6 Å². The molecule has 2 aliphatic rings. The lowest BCUT2D eigenvalue weighted by atomic mass is 9.73. The minimum Gasteiger partial charge on any atom is -0.349 e. The van der Waals surface area contributed by atoms with Gasteiger partial charge in [0.1, 0.15) is 12.0 Å². The summed E-state index contributed by atoms with van der Waals surface area (Å²) in [4.78, 5) is 33.8. The number of hydrogen-bond donors (Lipinski definition) is 2. The van der Waals surface area contributed by atoms with Crippen molar-refractivity contribution in [2.45, 2.75) is 49.7 Å². The van der Waals surface area contributed by atoms with Crippen LogP contribution in [-0.4, -0.2) is 60.1 Å². The second-order valence-corrected chi connectivity index (χ2v) is 12.1. The first-order valence-corrected chi connectivity index (χ1v) is 15.8. The molecule has 246 valence electrons. The fourth-order valence-corrected chi connectivity index (χ4v) is 6.99. The number of nitrogens with one attached hydrogen (secondary N) is 2. The molecule has 4 aromatic rings. The van der Waals surface area contributed by atoms with Gasteiger partial charge in [-0.15, -0.1) is 12.4 Å². The highest BCUT2D eigenvalue weighted by molar-refractivity contribution is 6.01. The van der Waals surface area contributed by atoms with Gasteiger partial charge in [-0.25, -0.2) is 0 Å². The summed E-state index contributed by atoms with van der Waals surface area (Å²) >= 11 is 0. The molecule has 1 aliphatic carbocycles. The zero-order valence-electron chi connectivity index (χ0n) is 25.9. The van der Waals surface area contributed by atoms with Crippen LogP contribution in [0.25, 0.3) is 22.4 Å². The molecule has 0 bridgehead atoms. The van der Waals surface area contributed by atoms with Gasteiger partial charge in [0.25, 0.3) is 5.91 Å². The van der Waals surface area contributed by atoms with Crippen molar-refractivity contribution < 1.29 is 22.8 Å². The number of pyridine rings is 1. The molecular formula is C37H38ClF3N4O2. The van der Waals surface area contributed by atoms with Crippen LogP contribution in [0.3, 0.4) is 0 Å². The fraction of sp³-hybridized carbons (Fsp3) is 0.324. The van der Waals surface area contributed by atoms with E-state index in [1.54, 1.807) is 18.3 Å². The molecule has 2 N–H and O–H groups in total. The summed E-state index contributed by atoms with van der Waals surface area (Å²) in [5, 5.41) is 5.41. The number of hydrogen-bond acceptors (Lipinski definition) is 4. The summed E-state index contributed by atoms with van der Waals surface area (Å²) in [6.45, 7) is 1.10. The fourth-order valence-electron chi connectivity index (χ4n) is 6.99. The number of alkyl halides is 3. The van der Waals surface area contributed by atoms with Gasteiger partial charge in [-0.3, -0.25) is 14.6 Å². The standard InChI is InChI=1S/C37H37F3N4O2.ClH/c38-37(39,40)25-42-35(46)36(31-16-6-4-13-28(31)29-14-5-7-17-32(29)36)20-8-9-22-44-23-18-27(19-24-44)43-34(45)30-15-10-21-41-33(30)26-11-2-1-3-12-26;/h1-7,10-17,21,27H,8-9,18-20,22-25H2,(H,42,46)(H,43,45);1H. The highest BCUT2D eigenvalue weighted by Gasteiger charge is 2.49. The van der Waals surface area contributed by atoms with Crippen molar-refractivity contribution in [3.05, 3.63) is 114 Å². The van der Waals surface area contributed by atoms with Crippen LogP contribution in [-0.2, 0) is 10.2 Å². The van der Waals surface area contributed by atoms with E-state index < -0.39 is 24.0 Å². The molecule has 2 amide bonds. The maximum absolute atomic E-state index is 13.7. The Balaban J connectivity index is 0.00000433. The Hall–Kier alpha value is -4.21. The number of halogens is 4. The molecule has 0 spiro atoms. The second kappa shape index (κ2) is 14.7. The molecule has 0 radical (unpaired) electrons. The van der Waals surface area contributed by atoms with Gasteiger partial charge in [-0.2, -0.15) is 13.2 Å². The molecule has 1 saturated heterocycles. The van der Waals surface area contributed by atoms with Crippen LogP contribution < -0.4 is 10.6 Å². The first kappa shape index (κ1) is 34.1. The Bertz CT molecular complexity index is 1650. The third-order valence-corrected chi connectivity index (χ3v) is 9.20. The van der Waals surface area contributed by atoms with Gasteiger partial charge < -0.3 is 15.5 Å². The summed E-state index contributed by atoms with van der Waals surface area (Å²) in [7, 11) is 0. The highest BCUT2D eigenvalue weighted by Crippen LogP contribution is 2.51. The SMILES string of the molecule is Cl.O=C(NC1CCN(CCCCC2(C(=O)NCC(F)(F)F)c3ccccc3-c3ccccc32)CC1)c1cccnc1-c1ccccc1. The van der Waals surface area contributed by atoms with Crippen molar-refractivity contribution in [3.8, 4) is 22.4 Å². The molecule has 1 aromatic heterocycles. The number of carbonyl (C=O) groups excluding carboxylic acids is 2. The number of carbonyl (C=O) groups is 2. The van der Waals surface area contributed by atoms with E-state index >= 15 is 0 Å². The molecule has 1 fully saturated rings. The molecule has 2 heterocycles. The molecule has 0 saturated carbocycles. The molecule has 10 heteroatoms. The van der Waals surface area contributed by atoms with Crippen LogP contribution in [0.1, 0.15) is 53.6 Å². The van der Waals surface area contributed by atoms with E-state index in [0.717, 1.165) is 66.7 Å². The predicted octanol–water partition coefficient (Wildman–Crippen LogP) is 7.18. The summed E-state index contributed by atoms with van der Waals surface area (Å²) in [6.07, 6.45) is 0.704. The van der Waals surface area contributed by atoms with Gasteiger partial charge in [0.2, 0.25) is 5.91 Å². The van der Waals surface area contributed by atoms with Gasteiger partial charge >= 0.3 is 6.18 Å². The summed E-state index contributed by atoms with van der Waals surface area (Å²) < 4.78 is 39.5. The summed E-state index contributed by atoms with van der Waals surface area (Å²) in [5.41, 5.74) is 4.24. The third kappa shape index (κ3) is 7.36. The van der Waals surface area contributed by atoms with Crippen molar-refractivity contribution in [2.75, 3.05) is 26.2 Å². The minimum atomic E-state index is -4.50. The molecule has 0 unspecified atom stereocenters. The topological polar surface area (TPSA) is 74.3 Å². The number of amides is 2. The van der Waals surface area contributed by atoms with Gasteiger partial charge in [0.05, 0.1) is 11.3 Å². The first-order valence-electron chi connectivity index (χ1n) is 15.8. The van der Waals surface area contributed by atoms with Crippen molar-refractivity contribution in [3.63, 3.8) is 0 Å². The van der Waals surface area contributed by atoms with E-state index in [1.807, 2.05) is 78.9 Å². The monoisotopic (exact) mass is 662 g/mol. The zero-order valence-corrected chi connectivity index (χ0v) is 26.7. The highest BCUT2D eigenvalue weighted by atomic mass is 35.5. The molecule has 6 nitrogen and oxygen atoms in total. The Labute approximate surface area is 279 Å². The molecule has 3 aromatic carbocycles. The number of fused-ring (bicyclic) bond motifs is 3. The molecule has 6 rings (SSSR count). The van der Waals surface area contributed by atoms with Crippen LogP contribution in [0.2, 0.25) is 0 Å². The molecule has 0 atom stereocenters. The number of nitrogens with zero attached hydrogens (tertiary/aromatic N) is 2. The van der Waals surface area contributed by atoms with Crippen LogP contribution in [0, 0.1) is 0 Å². The number of benzene rings is 3. The molecule has 1 aliphatic heterocycles. The van der Waals surface area contributed by atoms with E-state index in [2.05, 4.69) is 20.5 Å². The normalized spacial score (nSPS) is 15.6. The largest absolute Gasteiger partial charge is 0.405 e. The number of rotatable bonds is 10. The summed E-state index contributed by atoms with van der Waals surface area (Å²) in [6, 6.07) is 28.4. The lowest BCUT2D eigenvalue weighted by molar-refractivity contribution is -0.141. The summed E-state index contributed by atoms with van der Waals surface area (Å²) in [5.74, 6) is -0.737. The Morgan fingerprint density at radius 3 is 2.09 bits per heavy atom. The first-order chi connectivity index (χ1) is 22.3. The van der Waals surface area contributed by atoms with Crippen LogP contribution >= 0.6 is 12.4 Å². The van der Waals surface area contributed by atoms with Crippen molar-refractivity contribution in [2.24, 2.45) is 0 Å². The number of likely N-dealkylation sites (tertiary alicyclic amines) is 1. The smallest absolute Gasteiger partial charge is 0.349 e. The van der Waals surface area contributed by atoms with Crippen LogP contribution in [0.4, 0.5) is 13.2 Å². The Morgan fingerprint density at radius 1 is 0.830 bits per heavy atom. The van der Waals surface area contributed by atoms with E-state index in [4.69, 9.17) is 0 Å². The third-order valence-electron chi connectivity index (χ3n) is 9.20. The number of unbranched alkanes of at least 4 members (excludes halogenated alkanes) is 1. The molecular weight excluding hydrogens is 625 g/mol. The minimum absolute atomic E-state index is 0. The van der Waals surface area contributed by atoms with Crippen molar-refractivity contribution >= 4 is 24.2 Å². The number of piperidine rings is 1. The average molecular weight is 663 g/mol. The second-order valence-electron chi connectivity index (χ2n) is 12.1. The van der Waals surface area contributed by atoms with E-state index in [0.29, 0.717) is 24.1 Å². The van der Waals surface area contributed by atoms with Crippen molar-refractivity contribution in [1.82, 2.24) is 20.5 Å². The van der Waals surface area contributed by atoms with Crippen LogP contribution in [0.15, 0.2) is 97.2 Å². The van der Waals surface area contributed by atoms with E-state index in [9.17, 15) is 22.8 Å². The Kier molecular flexibility index (Phi) is 10.7. The maximum atomic E-state index is 13.7. The Morgan fingerprint density at radius 2 is 1.45 bits per heavy atom. The lowest BCUT2D eigenvalue weighted by Crippen LogP contribution is -2.47. The quantitative estimate of drug-likeness (QED) is 0.177. The predicted molar refractivity (Wildman–Crippen MR) is 179 cm³/mol. The van der Waals surface area contributed by atoms with Gasteiger partial charge in [0.15, 0.2) is 0 Å². The van der Waals surface area contributed by atoms with Crippen LogP contribution in [0.5, 0.6) is 0 Å². The van der Waals surface area contributed by atoms with E-state index in [-0.39, 0.29) is 24.4 Å².